The van der Waals surface area contributed by atoms with E-state index >= 15 is 0 Å². The van der Waals surface area contributed by atoms with Gasteiger partial charge < -0.3 is 9.41 Å². The standard InChI is InChI=1S/C12H14ClN3OSi/c1-18(2,3)17-6-4-5-9-7-14-12-10(9)11(13)15-8-16-12/h7-8H,6H2,1-3H3,(H,14,15,16). The van der Waals surface area contributed by atoms with Gasteiger partial charge in [0.2, 0.25) is 0 Å². The Bertz CT molecular complexity index is 622. The summed E-state index contributed by atoms with van der Waals surface area (Å²) in [7, 11) is -1.50. The molecule has 0 aliphatic rings. The van der Waals surface area contributed by atoms with E-state index in [0.717, 1.165) is 10.9 Å². The van der Waals surface area contributed by atoms with Gasteiger partial charge in [0.05, 0.1) is 17.6 Å². The molecule has 2 aromatic rings. The Morgan fingerprint density at radius 2 is 2.17 bits per heavy atom. The summed E-state index contributed by atoms with van der Waals surface area (Å²) in [5.74, 6) is 6.02. The van der Waals surface area contributed by atoms with Gasteiger partial charge >= 0.3 is 0 Å². The van der Waals surface area contributed by atoms with Crippen LogP contribution in [0.1, 0.15) is 5.56 Å². The lowest BCUT2D eigenvalue weighted by Gasteiger charge is -2.13. The van der Waals surface area contributed by atoms with E-state index in [1.165, 1.54) is 6.33 Å². The van der Waals surface area contributed by atoms with Gasteiger partial charge in [-0.15, -0.1) is 0 Å². The van der Waals surface area contributed by atoms with Crippen molar-refractivity contribution in [1.82, 2.24) is 15.0 Å². The molecule has 0 spiro atoms. The van der Waals surface area contributed by atoms with Crippen LogP contribution in [0.2, 0.25) is 24.8 Å². The van der Waals surface area contributed by atoms with Crippen molar-refractivity contribution in [3.05, 3.63) is 23.2 Å². The lowest BCUT2D eigenvalue weighted by atomic mass is 10.2. The van der Waals surface area contributed by atoms with Crippen LogP contribution in [-0.4, -0.2) is 29.9 Å². The van der Waals surface area contributed by atoms with Gasteiger partial charge in [-0.25, -0.2) is 9.97 Å². The molecule has 0 aliphatic carbocycles. The van der Waals surface area contributed by atoms with Crippen LogP contribution in [0, 0.1) is 11.8 Å². The second kappa shape index (κ2) is 5.10. The van der Waals surface area contributed by atoms with Crippen molar-refractivity contribution < 1.29 is 4.43 Å². The molecule has 2 heterocycles. The first-order valence-electron chi connectivity index (χ1n) is 5.58. The third kappa shape index (κ3) is 3.10. The molecule has 0 bridgehead atoms. The fraction of sp³-hybridized carbons (Fsp3) is 0.333. The van der Waals surface area contributed by atoms with Crippen LogP contribution < -0.4 is 0 Å². The van der Waals surface area contributed by atoms with E-state index in [9.17, 15) is 0 Å². The molecule has 0 saturated carbocycles. The third-order valence-electron chi connectivity index (χ3n) is 2.22. The fourth-order valence-electron chi connectivity index (χ4n) is 1.41. The van der Waals surface area contributed by atoms with Crippen LogP contribution in [0.15, 0.2) is 12.5 Å². The number of nitrogens with zero attached hydrogens (tertiary/aromatic N) is 2. The molecule has 4 nitrogen and oxygen atoms in total. The van der Waals surface area contributed by atoms with Crippen molar-refractivity contribution in [3.8, 4) is 11.8 Å². The average Bonchev–Trinajstić information content (AvgIpc) is 2.68. The molecule has 94 valence electrons. The Morgan fingerprint density at radius 1 is 1.39 bits per heavy atom. The van der Waals surface area contributed by atoms with E-state index < -0.39 is 8.32 Å². The van der Waals surface area contributed by atoms with Crippen molar-refractivity contribution >= 4 is 31.0 Å². The predicted octanol–water partition coefficient (Wildman–Crippen LogP) is 2.81. The minimum atomic E-state index is -1.50. The van der Waals surface area contributed by atoms with Gasteiger partial charge in [-0.2, -0.15) is 0 Å². The SMILES string of the molecule is C[Si](C)(C)OCC#Cc1c[nH]c2ncnc(Cl)c12. The van der Waals surface area contributed by atoms with Crippen LogP contribution in [0.25, 0.3) is 11.0 Å². The third-order valence-corrected chi connectivity index (χ3v) is 3.52. The second-order valence-corrected chi connectivity index (χ2v) is 9.66. The van der Waals surface area contributed by atoms with E-state index in [2.05, 4.69) is 46.4 Å². The number of hydrogen-bond acceptors (Lipinski definition) is 3. The predicted molar refractivity (Wildman–Crippen MR) is 75.1 cm³/mol. The van der Waals surface area contributed by atoms with E-state index in [1.54, 1.807) is 6.20 Å². The molecule has 0 atom stereocenters. The minimum absolute atomic E-state index is 0.414. The molecule has 2 rings (SSSR count). The molecule has 0 amide bonds. The number of aromatic nitrogens is 3. The molecular weight excluding hydrogens is 266 g/mol. The highest BCUT2D eigenvalue weighted by Crippen LogP contribution is 2.21. The van der Waals surface area contributed by atoms with Gasteiger partial charge in [-0.1, -0.05) is 23.4 Å². The molecule has 6 heteroatoms. The van der Waals surface area contributed by atoms with Gasteiger partial charge in [-0.3, -0.25) is 0 Å². The number of nitrogens with one attached hydrogen (secondary N) is 1. The maximum absolute atomic E-state index is 6.03. The first-order chi connectivity index (χ1) is 8.47. The first kappa shape index (κ1) is 13.1. The van der Waals surface area contributed by atoms with Crippen molar-refractivity contribution in [1.29, 1.82) is 0 Å². The molecule has 2 aromatic heterocycles. The minimum Gasteiger partial charge on any atom is -0.407 e. The lowest BCUT2D eigenvalue weighted by Crippen LogP contribution is -2.25. The summed E-state index contributed by atoms with van der Waals surface area (Å²) in [5.41, 5.74) is 1.50. The molecule has 0 fully saturated rings. The Hall–Kier alpha value is -1.35. The number of rotatable bonds is 2. The summed E-state index contributed by atoms with van der Waals surface area (Å²) >= 11 is 6.03. The monoisotopic (exact) mass is 279 g/mol. The molecular formula is C12H14ClN3OSi. The highest BCUT2D eigenvalue weighted by Gasteiger charge is 2.12. The van der Waals surface area contributed by atoms with Gasteiger partial charge in [0.15, 0.2) is 8.32 Å². The van der Waals surface area contributed by atoms with Crippen LogP contribution >= 0.6 is 11.6 Å². The van der Waals surface area contributed by atoms with E-state index in [4.69, 9.17) is 16.0 Å². The highest BCUT2D eigenvalue weighted by molar-refractivity contribution is 6.69. The molecule has 1 N–H and O–H groups in total. The van der Waals surface area contributed by atoms with Crippen LogP contribution in [0.4, 0.5) is 0 Å². The fourth-order valence-corrected chi connectivity index (χ4v) is 2.15. The summed E-state index contributed by atoms with van der Waals surface area (Å²) in [5, 5.41) is 1.18. The Balaban J connectivity index is 2.20. The van der Waals surface area contributed by atoms with Gasteiger partial charge in [0.1, 0.15) is 17.1 Å². The molecule has 0 radical (unpaired) electrons. The zero-order valence-corrected chi connectivity index (χ0v) is 12.3. The van der Waals surface area contributed by atoms with Crippen molar-refractivity contribution in [3.63, 3.8) is 0 Å². The van der Waals surface area contributed by atoms with Crippen molar-refractivity contribution in [2.24, 2.45) is 0 Å². The second-order valence-electron chi connectivity index (χ2n) is 4.79. The maximum Gasteiger partial charge on any atom is 0.185 e. The number of fused-ring (bicyclic) bond motifs is 1. The summed E-state index contributed by atoms with van der Waals surface area (Å²) in [4.78, 5) is 11.1. The van der Waals surface area contributed by atoms with Crippen LogP contribution in [0.3, 0.4) is 0 Å². The number of halogens is 1. The number of aromatic amines is 1. The molecule has 0 saturated heterocycles. The van der Waals surface area contributed by atoms with Crippen LogP contribution in [0.5, 0.6) is 0 Å². The largest absolute Gasteiger partial charge is 0.407 e. The van der Waals surface area contributed by atoms with Crippen molar-refractivity contribution in [2.75, 3.05) is 6.61 Å². The van der Waals surface area contributed by atoms with Gasteiger partial charge in [0.25, 0.3) is 0 Å². The lowest BCUT2D eigenvalue weighted by molar-refractivity contribution is 0.365. The highest BCUT2D eigenvalue weighted by atomic mass is 35.5. The number of hydrogen-bond donors (Lipinski definition) is 1. The Labute approximate surface area is 112 Å². The van der Waals surface area contributed by atoms with Crippen LogP contribution in [-0.2, 0) is 4.43 Å². The van der Waals surface area contributed by atoms with Crippen molar-refractivity contribution in [2.45, 2.75) is 19.6 Å². The Kier molecular flexibility index (Phi) is 3.71. The smallest absolute Gasteiger partial charge is 0.185 e. The quantitative estimate of drug-likeness (QED) is 0.522. The summed E-state index contributed by atoms with van der Waals surface area (Å²) in [6.45, 7) is 6.83. The summed E-state index contributed by atoms with van der Waals surface area (Å²) in [6.07, 6.45) is 3.21. The zero-order valence-electron chi connectivity index (χ0n) is 10.5. The van der Waals surface area contributed by atoms with Gasteiger partial charge in [-0.05, 0) is 19.6 Å². The van der Waals surface area contributed by atoms with Gasteiger partial charge in [0, 0.05) is 6.20 Å². The number of H-pyrrole nitrogens is 1. The topological polar surface area (TPSA) is 50.8 Å². The molecule has 0 aliphatic heterocycles. The first-order valence-corrected chi connectivity index (χ1v) is 9.36. The molecule has 0 aromatic carbocycles. The normalized spacial score (nSPS) is 11.3. The van der Waals surface area contributed by atoms with E-state index in [0.29, 0.717) is 17.4 Å². The zero-order chi connectivity index (χ0) is 13.2. The Morgan fingerprint density at radius 3 is 2.89 bits per heavy atom. The molecule has 18 heavy (non-hydrogen) atoms. The average molecular weight is 280 g/mol. The maximum atomic E-state index is 6.03. The molecule has 0 unspecified atom stereocenters. The van der Waals surface area contributed by atoms with E-state index in [1.807, 2.05) is 0 Å². The van der Waals surface area contributed by atoms with E-state index in [-0.39, 0.29) is 0 Å². The summed E-state index contributed by atoms with van der Waals surface area (Å²) in [6, 6.07) is 0. The summed E-state index contributed by atoms with van der Waals surface area (Å²) < 4.78 is 5.66.